The van der Waals surface area contributed by atoms with Crippen LogP contribution < -0.4 is 5.73 Å². The van der Waals surface area contributed by atoms with E-state index >= 15 is 0 Å². The molecular formula is C39H62ClNO5. The summed E-state index contributed by atoms with van der Waals surface area (Å²) in [6, 6.07) is 0. The maximum atomic E-state index is 13.8. The number of carboxylic acids is 1. The molecule has 260 valence electrons. The van der Waals surface area contributed by atoms with E-state index < -0.39 is 28.3 Å². The summed E-state index contributed by atoms with van der Waals surface area (Å²) >= 11 is 0. The van der Waals surface area contributed by atoms with E-state index in [2.05, 4.69) is 48.5 Å². The number of aliphatic carboxylic acids is 1. The number of carbonyl (C=O) groups is 3. The van der Waals surface area contributed by atoms with Crippen LogP contribution in [0.4, 0.5) is 0 Å². The van der Waals surface area contributed by atoms with Gasteiger partial charge in [0.05, 0.1) is 11.3 Å². The predicted molar refractivity (Wildman–Crippen MR) is 183 cm³/mol. The van der Waals surface area contributed by atoms with E-state index in [0.29, 0.717) is 37.0 Å². The van der Waals surface area contributed by atoms with Crippen molar-refractivity contribution in [2.24, 2.45) is 67.8 Å². The zero-order chi connectivity index (χ0) is 33.3. The van der Waals surface area contributed by atoms with Gasteiger partial charge in [0.2, 0.25) is 0 Å². The van der Waals surface area contributed by atoms with E-state index in [1.807, 2.05) is 13.8 Å². The second-order valence-corrected chi connectivity index (χ2v) is 19.1. The smallest absolute Gasteiger partial charge is 0.309 e. The van der Waals surface area contributed by atoms with Crippen molar-refractivity contribution in [3.05, 3.63) is 11.1 Å². The number of fused-ring (bicyclic) bond motifs is 7. The fourth-order valence-electron chi connectivity index (χ4n) is 13.3. The molecule has 0 aromatic rings. The van der Waals surface area contributed by atoms with Gasteiger partial charge >= 0.3 is 11.9 Å². The molecule has 0 aliphatic heterocycles. The molecular weight excluding hydrogens is 598 g/mol. The Morgan fingerprint density at radius 1 is 0.826 bits per heavy atom. The monoisotopic (exact) mass is 659 g/mol. The molecule has 0 radical (unpaired) electrons. The summed E-state index contributed by atoms with van der Waals surface area (Å²) in [5.74, 6) is 0.454. The number of esters is 1. The number of Topliss-reactive ketones (excluding diaryl/α,β-unsaturated/α-hetero) is 1. The number of carbonyl (C=O) groups excluding carboxylic acids is 2. The number of ether oxygens (including phenoxy) is 1. The van der Waals surface area contributed by atoms with Gasteiger partial charge in [-0.2, -0.15) is 0 Å². The number of carboxylic acid groups (broad SMARTS) is 1. The molecule has 6 rings (SSSR count). The van der Waals surface area contributed by atoms with Crippen LogP contribution in [0.2, 0.25) is 0 Å². The lowest BCUT2D eigenvalue weighted by atomic mass is 9.33. The van der Waals surface area contributed by atoms with Gasteiger partial charge in [-0.3, -0.25) is 14.4 Å². The molecule has 3 N–H and O–H groups in total. The molecule has 6 aliphatic carbocycles. The molecule has 0 bridgehead atoms. The van der Waals surface area contributed by atoms with Gasteiger partial charge in [0.25, 0.3) is 0 Å². The van der Waals surface area contributed by atoms with Crippen LogP contribution in [-0.4, -0.2) is 34.5 Å². The molecule has 7 heteroatoms. The minimum atomic E-state index is -0.930. The van der Waals surface area contributed by atoms with Crippen LogP contribution in [0.3, 0.4) is 0 Å². The van der Waals surface area contributed by atoms with E-state index in [1.165, 1.54) is 5.57 Å². The minimum Gasteiger partial charge on any atom is -0.481 e. The fourth-order valence-corrected chi connectivity index (χ4v) is 13.3. The number of rotatable bonds is 4. The second-order valence-electron chi connectivity index (χ2n) is 19.1. The van der Waals surface area contributed by atoms with Crippen LogP contribution in [0.1, 0.15) is 140 Å². The third-order valence-electron chi connectivity index (χ3n) is 16.7. The lowest BCUT2D eigenvalue weighted by Gasteiger charge is -2.72. The van der Waals surface area contributed by atoms with Crippen LogP contribution in [-0.2, 0) is 19.1 Å². The Bertz CT molecular complexity index is 1350. The van der Waals surface area contributed by atoms with Crippen LogP contribution >= 0.6 is 12.4 Å². The molecule has 0 heterocycles. The highest BCUT2D eigenvalue weighted by Gasteiger charge is 2.70. The van der Waals surface area contributed by atoms with E-state index in [-0.39, 0.29) is 57.8 Å². The Balaban J connectivity index is 0.00000417. The van der Waals surface area contributed by atoms with E-state index in [4.69, 9.17) is 10.5 Å². The standard InChI is InChI=1S/C39H61NO5.ClH/c1-22(2)29-25(41)21-39(40)20-19-36(8)23(30(29)39)11-12-27-35(7)16-15-28(33(3,4)26(35)14-18-37(27,36)9)45-31(42)24-13-17-38(10,32(43)44)34(24,5)6;/h22-24,26-28H,11-21,40H2,1-10H3,(H,43,44);1H/t23?,24-,26?,27?,28+,35+,36-,37-,38+,39-;/m1./s1. The summed E-state index contributed by atoms with van der Waals surface area (Å²) in [7, 11) is 0. The van der Waals surface area contributed by atoms with Crippen molar-refractivity contribution >= 4 is 30.1 Å². The van der Waals surface area contributed by atoms with Crippen molar-refractivity contribution in [2.75, 3.05) is 0 Å². The number of hydrogen-bond donors (Lipinski definition) is 2. The topological polar surface area (TPSA) is 107 Å². The molecule has 5 saturated carbocycles. The molecule has 0 spiro atoms. The molecule has 6 nitrogen and oxygen atoms in total. The molecule has 0 saturated heterocycles. The molecule has 0 amide bonds. The molecule has 0 aromatic carbocycles. The summed E-state index contributed by atoms with van der Waals surface area (Å²) in [4.78, 5) is 39.3. The minimum absolute atomic E-state index is 0. The summed E-state index contributed by atoms with van der Waals surface area (Å²) in [6.07, 6.45) is 9.80. The first-order chi connectivity index (χ1) is 20.6. The van der Waals surface area contributed by atoms with Crippen LogP contribution in [0.5, 0.6) is 0 Å². The zero-order valence-corrected chi connectivity index (χ0v) is 31.1. The largest absolute Gasteiger partial charge is 0.481 e. The second kappa shape index (κ2) is 10.8. The summed E-state index contributed by atoms with van der Waals surface area (Å²) in [6.45, 7) is 22.3. The SMILES string of the molecule is CC(C)C1=C2C3CCC4[C@@]5(C)CC[C@H](OC(=O)[C@H]6CC[C@@](C)(C(=O)O)C6(C)C)C(C)(C)C5CC[C@@]4(C)[C@]3(C)CC[C@@]2(N)CC1=O.Cl. The van der Waals surface area contributed by atoms with Gasteiger partial charge in [0.1, 0.15) is 6.10 Å². The Morgan fingerprint density at radius 3 is 2.07 bits per heavy atom. The van der Waals surface area contributed by atoms with Crippen LogP contribution in [0.25, 0.3) is 0 Å². The number of hydrogen-bond acceptors (Lipinski definition) is 5. The van der Waals surface area contributed by atoms with Gasteiger partial charge in [-0.15, -0.1) is 12.4 Å². The molecule has 46 heavy (non-hydrogen) atoms. The van der Waals surface area contributed by atoms with E-state index in [9.17, 15) is 19.5 Å². The molecule has 0 aromatic heterocycles. The van der Waals surface area contributed by atoms with Crippen molar-refractivity contribution in [1.82, 2.24) is 0 Å². The highest BCUT2D eigenvalue weighted by Crippen LogP contribution is 2.75. The number of nitrogens with two attached hydrogens (primary N) is 1. The predicted octanol–water partition coefficient (Wildman–Crippen LogP) is 8.54. The van der Waals surface area contributed by atoms with Crippen LogP contribution in [0, 0.1) is 62.1 Å². The summed E-state index contributed by atoms with van der Waals surface area (Å²) in [5, 5.41) is 10.0. The Labute approximate surface area is 284 Å². The van der Waals surface area contributed by atoms with Crippen molar-refractivity contribution in [2.45, 2.75) is 152 Å². The van der Waals surface area contributed by atoms with Crippen molar-refractivity contribution < 1.29 is 24.2 Å². The van der Waals surface area contributed by atoms with Gasteiger partial charge in [0, 0.05) is 17.4 Å². The first-order valence-electron chi connectivity index (χ1n) is 18.1. The van der Waals surface area contributed by atoms with Gasteiger partial charge in [-0.25, -0.2) is 0 Å². The van der Waals surface area contributed by atoms with Gasteiger partial charge in [-0.1, -0.05) is 62.3 Å². The zero-order valence-electron chi connectivity index (χ0n) is 30.3. The molecule has 6 aliphatic rings. The van der Waals surface area contributed by atoms with Gasteiger partial charge in [-0.05, 0) is 128 Å². The maximum absolute atomic E-state index is 13.8. The quantitative estimate of drug-likeness (QED) is 0.293. The van der Waals surface area contributed by atoms with Crippen molar-refractivity contribution in [3.8, 4) is 0 Å². The lowest BCUT2D eigenvalue weighted by molar-refractivity contribution is -0.233. The fraction of sp³-hybridized carbons (Fsp3) is 0.872. The number of halogens is 1. The number of allylic oxidation sites excluding steroid dienone is 1. The van der Waals surface area contributed by atoms with Crippen molar-refractivity contribution in [1.29, 1.82) is 0 Å². The number of ketones is 1. The van der Waals surface area contributed by atoms with Gasteiger partial charge in [0.15, 0.2) is 5.78 Å². The highest BCUT2D eigenvalue weighted by molar-refractivity contribution is 6.01. The maximum Gasteiger partial charge on any atom is 0.309 e. The third kappa shape index (κ3) is 4.39. The molecule has 10 atom stereocenters. The third-order valence-corrected chi connectivity index (χ3v) is 16.7. The Kier molecular flexibility index (Phi) is 8.43. The Morgan fingerprint density at radius 2 is 1.48 bits per heavy atom. The summed E-state index contributed by atoms with van der Waals surface area (Å²) < 4.78 is 6.48. The first-order valence-corrected chi connectivity index (χ1v) is 18.1. The highest BCUT2D eigenvalue weighted by atomic mass is 35.5. The average molecular weight is 660 g/mol. The summed E-state index contributed by atoms with van der Waals surface area (Å²) in [5.41, 5.74) is 7.67. The lowest BCUT2D eigenvalue weighted by Crippen LogP contribution is -2.66. The van der Waals surface area contributed by atoms with E-state index in [0.717, 1.165) is 56.9 Å². The van der Waals surface area contributed by atoms with Crippen LogP contribution in [0.15, 0.2) is 11.1 Å². The molecule has 5 fully saturated rings. The molecule has 3 unspecified atom stereocenters. The normalized spacial score (nSPS) is 47.3. The van der Waals surface area contributed by atoms with Gasteiger partial charge < -0.3 is 15.6 Å². The Hall–Kier alpha value is -1.40. The first kappa shape index (κ1) is 35.9. The van der Waals surface area contributed by atoms with E-state index in [1.54, 1.807) is 6.92 Å². The van der Waals surface area contributed by atoms with Crippen molar-refractivity contribution in [3.63, 3.8) is 0 Å². The average Bonchev–Trinajstić information content (AvgIpc) is 3.34.